The molecular weight excluding hydrogens is 342 g/mol. The van der Waals surface area contributed by atoms with E-state index in [1.54, 1.807) is 36.4 Å². The van der Waals surface area contributed by atoms with Crippen LogP contribution in [0.2, 0.25) is 0 Å². The summed E-state index contributed by atoms with van der Waals surface area (Å²) in [6, 6.07) is 18.3. The predicted molar refractivity (Wildman–Crippen MR) is 90.6 cm³/mol. The van der Waals surface area contributed by atoms with Crippen LogP contribution < -0.4 is 9.46 Å². The van der Waals surface area contributed by atoms with Crippen molar-refractivity contribution in [2.45, 2.75) is 11.5 Å². The first-order valence-corrected chi connectivity index (χ1v) is 8.91. The molecule has 128 valence electrons. The molecule has 6 nitrogen and oxygen atoms in total. The zero-order valence-electron chi connectivity index (χ0n) is 13.1. The van der Waals surface area contributed by atoms with Gasteiger partial charge in [0.1, 0.15) is 12.4 Å². The van der Waals surface area contributed by atoms with Crippen LogP contribution in [0.3, 0.4) is 0 Å². The van der Waals surface area contributed by atoms with Crippen LogP contribution in [0.5, 0.6) is 5.75 Å². The third-order valence-electron chi connectivity index (χ3n) is 3.37. The van der Waals surface area contributed by atoms with Crippen molar-refractivity contribution in [2.75, 3.05) is 0 Å². The lowest BCUT2D eigenvalue weighted by molar-refractivity contribution is 0.0951. The van der Waals surface area contributed by atoms with Crippen molar-refractivity contribution in [1.29, 1.82) is 0 Å². The number of furan rings is 1. The molecule has 0 aliphatic rings. The first-order chi connectivity index (χ1) is 12.1. The lowest BCUT2D eigenvalue weighted by atomic mass is 10.2. The van der Waals surface area contributed by atoms with Gasteiger partial charge < -0.3 is 9.15 Å². The Morgan fingerprint density at radius 2 is 1.60 bits per heavy atom. The van der Waals surface area contributed by atoms with Crippen LogP contribution in [0.4, 0.5) is 0 Å². The highest BCUT2D eigenvalue weighted by Gasteiger charge is 2.23. The van der Waals surface area contributed by atoms with Crippen molar-refractivity contribution in [3.05, 3.63) is 84.3 Å². The molecule has 0 bridgehead atoms. The number of nitrogens with one attached hydrogen (secondary N) is 1. The highest BCUT2D eigenvalue weighted by atomic mass is 32.2. The number of amides is 1. The Morgan fingerprint density at radius 3 is 2.28 bits per heavy atom. The number of rotatable bonds is 6. The molecule has 1 amide bonds. The number of para-hydroxylation sites is 1. The van der Waals surface area contributed by atoms with Gasteiger partial charge in [-0.05, 0) is 30.3 Å². The van der Waals surface area contributed by atoms with Crippen LogP contribution in [-0.4, -0.2) is 14.3 Å². The molecule has 0 aliphatic carbocycles. The van der Waals surface area contributed by atoms with Crippen LogP contribution in [-0.2, 0) is 16.6 Å². The SMILES string of the molecule is O=C(NS(=O)(=O)c1ccccc1)c1occc1COc1ccccc1. The lowest BCUT2D eigenvalue weighted by Gasteiger charge is -2.08. The average molecular weight is 357 g/mol. The Hall–Kier alpha value is -3.06. The fraction of sp³-hybridized carbons (Fsp3) is 0.0556. The van der Waals surface area contributed by atoms with Crippen molar-refractivity contribution in [2.24, 2.45) is 0 Å². The molecule has 0 unspecified atom stereocenters. The summed E-state index contributed by atoms with van der Waals surface area (Å²) in [5, 5.41) is 0. The van der Waals surface area contributed by atoms with E-state index in [1.165, 1.54) is 18.4 Å². The lowest BCUT2D eigenvalue weighted by Crippen LogP contribution is -2.31. The second-order valence-electron chi connectivity index (χ2n) is 5.12. The second-order valence-corrected chi connectivity index (χ2v) is 6.81. The van der Waals surface area contributed by atoms with Crippen LogP contribution in [0.25, 0.3) is 0 Å². The first-order valence-electron chi connectivity index (χ1n) is 7.43. The zero-order chi connectivity index (χ0) is 17.7. The fourth-order valence-corrected chi connectivity index (χ4v) is 3.12. The topological polar surface area (TPSA) is 85.6 Å². The van der Waals surface area contributed by atoms with Crippen molar-refractivity contribution in [3.8, 4) is 5.75 Å². The smallest absolute Gasteiger partial charge is 0.301 e. The average Bonchev–Trinajstić information content (AvgIpc) is 3.10. The van der Waals surface area contributed by atoms with E-state index in [0.717, 1.165) is 0 Å². The number of carbonyl (C=O) groups excluding carboxylic acids is 1. The molecule has 1 heterocycles. The van der Waals surface area contributed by atoms with Gasteiger partial charge in [-0.3, -0.25) is 4.79 Å². The predicted octanol–water partition coefficient (Wildman–Crippen LogP) is 2.98. The molecule has 0 aliphatic heterocycles. The van der Waals surface area contributed by atoms with E-state index < -0.39 is 15.9 Å². The van der Waals surface area contributed by atoms with Gasteiger partial charge in [0.2, 0.25) is 0 Å². The van der Waals surface area contributed by atoms with Gasteiger partial charge in [0.25, 0.3) is 10.0 Å². The molecule has 1 aromatic heterocycles. The third kappa shape index (κ3) is 4.07. The Bertz CT molecular complexity index is 949. The summed E-state index contributed by atoms with van der Waals surface area (Å²) in [5.74, 6) is -0.317. The van der Waals surface area contributed by atoms with E-state index >= 15 is 0 Å². The van der Waals surface area contributed by atoms with E-state index in [-0.39, 0.29) is 17.3 Å². The van der Waals surface area contributed by atoms with E-state index in [9.17, 15) is 13.2 Å². The van der Waals surface area contributed by atoms with Gasteiger partial charge in [0.15, 0.2) is 5.76 Å². The van der Waals surface area contributed by atoms with Crippen LogP contribution in [0.1, 0.15) is 16.1 Å². The molecule has 3 aromatic rings. The fourth-order valence-electron chi connectivity index (χ4n) is 2.15. The van der Waals surface area contributed by atoms with Crippen molar-refractivity contribution in [1.82, 2.24) is 4.72 Å². The third-order valence-corrected chi connectivity index (χ3v) is 4.72. The Labute approximate surface area is 145 Å². The first kappa shape index (κ1) is 16.8. The monoisotopic (exact) mass is 357 g/mol. The second kappa shape index (κ2) is 7.23. The number of benzene rings is 2. The number of sulfonamides is 1. The van der Waals surface area contributed by atoms with E-state index in [0.29, 0.717) is 11.3 Å². The maximum atomic E-state index is 12.3. The molecule has 1 N–H and O–H groups in total. The molecule has 3 rings (SSSR count). The summed E-state index contributed by atoms with van der Waals surface area (Å²) < 4.78 is 37.2. The molecule has 7 heteroatoms. The normalized spacial score (nSPS) is 11.0. The molecule has 0 radical (unpaired) electrons. The minimum absolute atomic E-state index is 0.00279. The van der Waals surface area contributed by atoms with Gasteiger partial charge >= 0.3 is 5.91 Å². The molecule has 25 heavy (non-hydrogen) atoms. The summed E-state index contributed by atoms with van der Waals surface area (Å²) in [5.41, 5.74) is 0.449. The van der Waals surface area contributed by atoms with Crippen molar-refractivity contribution >= 4 is 15.9 Å². The molecule has 0 fully saturated rings. The summed E-state index contributed by atoms with van der Waals surface area (Å²) in [6.07, 6.45) is 1.31. The standard InChI is InChI=1S/C18H15NO5S/c20-18(19-25(21,22)16-9-5-2-6-10-16)17-14(11-12-23-17)13-24-15-7-3-1-4-8-15/h1-12H,13H2,(H,19,20). The van der Waals surface area contributed by atoms with E-state index in [2.05, 4.69) is 0 Å². The zero-order valence-corrected chi connectivity index (χ0v) is 13.9. The molecule has 0 spiro atoms. The van der Waals surface area contributed by atoms with Crippen LogP contribution >= 0.6 is 0 Å². The van der Waals surface area contributed by atoms with Crippen LogP contribution in [0.15, 0.2) is 82.3 Å². The minimum Gasteiger partial charge on any atom is -0.489 e. The van der Waals surface area contributed by atoms with Crippen molar-refractivity contribution in [3.63, 3.8) is 0 Å². The minimum atomic E-state index is -3.97. The summed E-state index contributed by atoms with van der Waals surface area (Å²) in [7, 11) is -3.97. The van der Waals surface area contributed by atoms with Gasteiger partial charge in [0.05, 0.1) is 11.2 Å². The Balaban J connectivity index is 1.72. The van der Waals surface area contributed by atoms with Gasteiger partial charge in [-0.1, -0.05) is 36.4 Å². The molecule has 0 saturated carbocycles. The van der Waals surface area contributed by atoms with Gasteiger partial charge in [-0.25, -0.2) is 13.1 Å². The molecule has 0 saturated heterocycles. The largest absolute Gasteiger partial charge is 0.489 e. The highest BCUT2D eigenvalue weighted by Crippen LogP contribution is 2.17. The summed E-state index contributed by atoms with van der Waals surface area (Å²) in [4.78, 5) is 12.3. The van der Waals surface area contributed by atoms with Gasteiger partial charge in [0, 0.05) is 5.56 Å². The maximum absolute atomic E-state index is 12.3. The summed E-state index contributed by atoms with van der Waals surface area (Å²) in [6.45, 7) is 0.0780. The Morgan fingerprint density at radius 1 is 0.960 bits per heavy atom. The van der Waals surface area contributed by atoms with Gasteiger partial charge in [-0.15, -0.1) is 0 Å². The van der Waals surface area contributed by atoms with Crippen LogP contribution in [0, 0.1) is 0 Å². The number of hydrogen-bond donors (Lipinski definition) is 1. The highest BCUT2D eigenvalue weighted by molar-refractivity contribution is 7.90. The quantitative estimate of drug-likeness (QED) is 0.733. The summed E-state index contributed by atoms with van der Waals surface area (Å²) >= 11 is 0. The number of ether oxygens (including phenoxy) is 1. The number of hydrogen-bond acceptors (Lipinski definition) is 5. The van der Waals surface area contributed by atoms with Crippen molar-refractivity contribution < 1.29 is 22.4 Å². The molecular formula is C18H15NO5S. The Kier molecular flexibility index (Phi) is 4.85. The van der Waals surface area contributed by atoms with E-state index in [1.807, 2.05) is 22.9 Å². The molecule has 0 atom stereocenters. The maximum Gasteiger partial charge on any atom is 0.301 e. The molecule has 2 aromatic carbocycles. The van der Waals surface area contributed by atoms with Gasteiger partial charge in [-0.2, -0.15) is 0 Å². The number of carbonyl (C=O) groups is 1. The van der Waals surface area contributed by atoms with E-state index in [4.69, 9.17) is 9.15 Å².